The molecule has 1 aromatic heterocycles. The summed E-state index contributed by atoms with van der Waals surface area (Å²) in [5.74, 6) is 1.44. The molecule has 0 spiro atoms. The van der Waals surface area contributed by atoms with Gasteiger partial charge < -0.3 is 9.73 Å². The number of nitrogens with two attached hydrogens (primary N) is 1. The van der Waals surface area contributed by atoms with Crippen molar-refractivity contribution >= 4 is 23.2 Å². The summed E-state index contributed by atoms with van der Waals surface area (Å²) < 4.78 is 18.7. The van der Waals surface area contributed by atoms with E-state index in [0.29, 0.717) is 10.0 Å². The first kappa shape index (κ1) is 17.0. The van der Waals surface area contributed by atoms with Gasteiger partial charge in [0.2, 0.25) is 0 Å². The van der Waals surface area contributed by atoms with Crippen LogP contribution in [0.4, 0.5) is 4.39 Å². The molecule has 0 saturated carbocycles. The normalized spacial score (nSPS) is 11.0. The molecule has 0 aliphatic rings. The van der Waals surface area contributed by atoms with Gasteiger partial charge in [-0.25, -0.2) is 4.39 Å². The summed E-state index contributed by atoms with van der Waals surface area (Å²) in [6.07, 6.45) is 0.887. The highest BCUT2D eigenvalue weighted by Gasteiger charge is 2.08. The Morgan fingerprint density at radius 3 is 2.33 bits per heavy atom. The first-order chi connectivity index (χ1) is 11.6. The van der Waals surface area contributed by atoms with E-state index in [4.69, 9.17) is 27.6 Å². The second kappa shape index (κ2) is 7.84. The lowest BCUT2D eigenvalue weighted by Gasteiger charge is -2.02. The van der Waals surface area contributed by atoms with Gasteiger partial charge in [0, 0.05) is 22.0 Å². The number of benzene rings is 2. The summed E-state index contributed by atoms with van der Waals surface area (Å²) in [7, 11) is 0. The average molecular weight is 365 g/mol. The van der Waals surface area contributed by atoms with E-state index in [0.717, 1.165) is 42.2 Å². The Hall–Kier alpha value is -1.81. The zero-order valence-electron chi connectivity index (χ0n) is 12.9. The zero-order chi connectivity index (χ0) is 16.9. The fourth-order valence-electron chi connectivity index (χ4n) is 2.50. The maximum atomic E-state index is 12.9. The summed E-state index contributed by atoms with van der Waals surface area (Å²) in [5, 5.41) is 3.33. The van der Waals surface area contributed by atoms with E-state index in [-0.39, 0.29) is 5.82 Å². The first-order valence-electron chi connectivity index (χ1n) is 7.71. The number of hydrogen-bond acceptors (Lipinski definition) is 1. The Morgan fingerprint density at radius 1 is 0.917 bits per heavy atom. The molecule has 0 unspecified atom stereocenters. The number of rotatable bonds is 6. The maximum absolute atomic E-state index is 12.9. The van der Waals surface area contributed by atoms with Crippen LogP contribution in [0.15, 0.2) is 59.0 Å². The van der Waals surface area contributed by atoms with Crippen molar-refractivity contribution in [3.63, 3.8) is 0 Å². The van der Waals surface area contributed by atoms with Crippen molar-refractivity contribution in [3.05, 3.63) is 81.8 Å². The standard InChI is InChI=1S/C19H16Cl2FNO/c20-15-9-14(10-16(21)11-15)19-6-5-18(24-19)12-23-8-7-13-1-3-17(22)4-2-13/h1-6,9-11,23H,7-8,12H2/p+1. The molecule has 0 fully saturated rings. The summed E-state index contributed by atoms with van der Waals surface area (Å²) in [6.45, 7) is 1.65. The third-order valence-electron chi connectivity index (χ3n) is 3.70. The van der Waals surface area contributed by atoms with Crippen molar-refractivity contribution in [2.24, 2.45) is 0 Å². The molecule has 0 radical (unpaired) electrons. The molecule has 3 rings (SSSR count). The molecule has 0 aliphatic carbocycles. The molecule has 3 aromatic rings. The molecule has 0 aliphatic heterocycles. The van der Waals surface area contributed by atoms with Crippen molar-refractivity contribution in [3.8, 4) is 11.3 Å². The van der Waals surface area contributed by atoms with Crippen LogP contribution in [0.3, 0.4) is 0 Å². The van der Waals surface area contributed by atoms with Crippen LogP contribution in [0.5, 0.6) is 0 Å². The molecule has 2 N–H and O–H groups in total. The van der Waals surface area contributed by atoms with Crippen molar-refractivity contribution in [2.75, 3.05) is 6.54 Å². The average Bonchev–Trinajstić information content (AvgIpc) is 3.01. The number of quaternary nitrogens is 1. The summed E-state index contributed by atoms with van der Waals surface area (Å²) in [5.41, 5.74) is 1.99. The molecule has 1 heterocycles. The highest BCUT2D eigenvalue weighted by atomic mass is 35.5. The quantitative estimate of drug-likeness (QED) is 0.631. The van der Waals surface area contributed by atoms with Gasteiger partial charge in [0.25, 0.3) is 0 Å². The second-order valence-corrected chi connectivity index (χ2v) is 6.45. The van der Waals surface area contributed by atoms with Crippen molar-refractivity contribution in [1.82, 2.24) is 0 Å². The van der Waals surface area contributed by atoms with Gasteiger partial charge in [0.1, 0.15) is 18.1 Å². The van der Waals surface area contributed by atoms with E-state index in [9.17, 15) is 4.39 Å². The van der Waals surface area contributed by atoms with Crippen LogP contribution in [-0.2, 0) is 13.0 Å². The van der Waals surface area contributed by atoms with Crippen LogP contribution in [0.1, 0.15) is 11.3 Å². The fourth-order valence-corrected chi connectivity index (χ4v) is 3.03. The van der Waals surface area contributed by atoms with E-state index >= 15 is 0 Å². The smallest absolute Gasteiger partial charge is 0.158 e. The van der Waals surface area contributed by atoms with Crippen LogP contribution in [0.2, 0.25) is 10.0 Å². The Morgan fingerprint density at radius 2 is 1.62 bits per heavy atom. The van der Waals surface area contributed by atoms with E-state index in [1.54, 1.807) is 6.07 Å². The Balaban J connectivity index is 1.53. The monoisotopic (exact) mass is 364 g/mol. The van der Waals surface area contributed by atoms with Gasteiger partial charge in [-0.2, -0.15) is 0 Å². The van der Waals surface area contributed by atoms with Gasteiger partial charge in [0.05, 0.1) is 6.54 Å². The van der Waals surface area contributed by atoms with E-state index in [2.05, 4.69) is 5.32 Å². The summed E-state index contributed by atoms with van der Waals surface area (Å²) in [4.78, 5) is 0. The molecule has 0 saturated heterocycles. The van der Waals surface area contributed by atoms with Crippen LogP contribution >= 0.6 is 23.2 Å². The maximum Gasteiger partial charge on any atom is 0.158 e. The van der Waals surface area contributed by atoms with Crippen LogP contribution in [0.25, 0.3) is 11.3 Å². The Bertz CT molecular complexity index is 794. The van der Waals surface area contributed by atoms with Crippen LogP contribution in [-0.4, -0.2) is 6.54 Å². The molecular formula is C19H17Cl2FNO+. The molecule has 0 amide bonds. The first-order valence-corrected chi connectivity index (χ1v) is 8.47. The van der Waals surface area contributed by atoms with Gasteiger partial charge in [0.15, 0.2) is 5.76 Å². The third kappa shape index (κ3) is 4.60. The Kier molecular flexibility index (Phi) is 5.56. The SMILES string of the molecule is Fc1ccc(CC[NH2+]Cc2ccc(-c3cc(Cl)cc(Cl)c3)o2)cc1. The lowest BCUT2D eigenvalue weighted by molar-refractivity contribution is -0.671. The molecule has 0 atom stereocenters. The molecule has 24 heavy (non-hydrogen) atoms. The Labute approximate surface area is 150 Å². The van der Waals surface area contributed by atoms with E-state index < -0.39 is 0 Å². The second-order valence-electron chi connectivity index (χ2n) is 5.58. The van der Waals surface area contributed by atoms with Crippen molar-refractivity contribution < 1.29 is 14.1 Å². The number of furan rings is 1. The lowest BCUT2D eigenvalue weighted by atomic mass is 10.1. The minimum Gasteiger partial charge on any atom is -0.455 e. The predicted molar refractivity (Wildman–Crippen MR) is 94.8 cm³/mol. The molecule has 2 aromatic carbocycles. The summed E-state index contributed by atoms with van der Waals surface area (Å²) >= 11 is 12.0. The number of halogens is 3. The third-order valence-corrected chi connectivity index (χ3v) is 4.14. The van der Waals surface area contributed by atoms with E-state index in [1.165, 1.54) is 12.1 Å². The minimum atomic E-state index is -0.202. The van der Waals surface area contributed by atoms with Gasteiger partial charge in [-0.3, -0.25) is 0 Å². The van der Waals surface area contributed by atoms with Gasteiger partial charge in [-0.1, -0.05) is 35.3 Å². The molecule has 5 heteroatoms. The van der Waals surface area contributed by atoms with E-state index in [1.807, 2.05) is 36.4 Å². The van der Waals surface area contributed by atoms with Crippen molar-refractivity contribution in [1.29, 1.82) is 0 Å². The number of hydrogen-bond donors (Lipinski definition) is 1. The molecule has 2 nitrogen and oxygen atoms in total. The topological polar surface area (TPSA) is 29.8 Å². The zero-order valence-corrected chi connectivity index (χ0v) is 14.4. The van der Waals surface area contributed by atoms with Crippen LogP contribution in [0, 0.1) is 5.82 Å². The molecular weight excluding hydrogens is 348 g/mol. The van der Waals surface area contributed by atoms with Gasteiger partial charge in [-0.05, 0) is 48.0 Å². The van der Waals surface area contributed by atoms with Gasteiger partial charge in [-0.15, -0.1) is 0 Å². The van der Waals surface area contributed by atoms with Crippen molar-refractivity contribution in [2.45, 2.75) is 13.0 Å². The predicted octanol–water partition coefficient (Wildman–Crippen LogP) is 4.70. The molecule has 124 valence electrons. The largest absolute Gasteiger partial charge is 0.455 e. The highest BCUT2D eigenvalue weighted by Crippen LogP contribution is 2.28. The fraction of sp³-hybridized carbons (Fsp3) is 0.158. The van der Waals surface area contributed by atoms with Gasteiger partial charge >= 0.3 is 0 Å². The van der Waals surface area contributed by atoms with Crippen LogP contribution < -0.4 is 5.32 Å². The molecule has 0 bridgehead atoms. The lowest BCUT2D eigenvalue weighted by Crippen LogP contribution is -2.83. The summed E-state index contributed by atoms with van der Waals surface area (Å²) in [6, 6.07) is 15.8. The highest BCUT2D eigenvalue weighted by molar-refractivity contribution is 6.35. The minimum absolute atomic E-state index is 0.202.